The predicted octanol–water partition coefficient (Wildman–Crippen LogP) is 2.05. The van der Waals surface area contributed by atoms with E-state index < -0.39 is 0 Å². The number of rotatable bonds is 0. The lowest BCUT2D eigenvalue weighted by atomic mass is 9.88. The third-order valence-electron chi connectivity index (χ3n) is 4.07. The first kappa shape index (κ1) is 7.60. The largest absolute Gasteiger partial charge is 0.393 e. The van der Waals surface area contributed by atoms with Crippen LogP contribution in [-0.2, 0) is 0 Å². The van der Waals surface area contributed by atoms with Crippen molar-refractivity contribution in [2.45, 2.75) is 39.7 Å². The van der Waals surface area contributed by atoms with Crippen molar-refractivity contribution in [1.29, 1.82) is 0 Å². The van der Waals surface area contributed by atoms with Gasteiger partial charge in [0.2, 0.25) is 0 Å². The molecular weight excluding hydrogens is 136 g/mol. The van der Waals surface area contributed by atoms with E-state index in [0.29, 0.717) is 11.3 Å². The van der Waals surface area contributed by atoms with Crippen LogP contribution in [0.5, 0.6) is 0 Å². The molecule has 0 aliphatic heterocycles. The molecule has 1 nitrogen and oxygen atoms in total. The molecule has 4 atom stereocenters. The molecule has 0 aromatic rings. The van der Waals surface area contributed by atoms with Crippen molar-refractivity contribution in [3.63, 3.8) is 0 Å². The minimum Gasteiger partial charge on any atom is -0.393 e. The molecule has 0 saturated heterocycles. The second kappa shape index (κ2) is 2.01. The topological polar surface area (TPSA) is 20.2 Å². The molecule has 0 radical (unpaired) electrons. The Balaban J connectivity index is 2.07. The zero-order valence-electron chi connectivity index (χ0n) is 7.67. The SMILES string of the molecule is CC1CC2C(CC1O)C2(C)C. The molecule has 2 fully saturated rings. The van der Waals surface area contributed by atoms with Gasteiger partial charge < -0.3 is 5.11 Å². The Kier molecular flexibility index (Phi) is 1.39. The van der Waals surface area contributed by atoms with E-state index >= 15 is 0 Å². The van der Waals surface area contributed by atoms with E-state index in [-0.39, 0.29) is 6.10 Å². The second-order valence-electron chi connectivity index (χ2n) is 5.05. The lowest BCUT2D eigenvalue weighted by Gasteiger charge is -2.22. The summed E-state index contributed by atoms with van der Waals surface area (Å²) in [5.74, 6) is 2.28. The molecule has 2 saturated carbocycles. The quantitative estimate of drug-likeness (QED) is 0.566. The number of hydrogen-bond acceptors (Lipinski definition) is 1. The number of fused-ring (bicyclic) bond motifs is 1. The second-order valence-corrected chi connectivity index (χ2v) is 5.05. The van der Waals surface area contributed by atoms with E-state index in [4.69, 9.17) is 0 Å². The molecule has 4 unspecified atom stereocenters. The highest BCUT2D eigenvalue weighted by atomic mass is 16.3. The molecule has 1 heteroatoms. The van der Waals surface area contributed by atoms with E-state index in [1.54, 1.807) is 0 Å². The van der Waals surface area contributed by atoms with E-state index in [1.165, 1.54) is 6.42 Å². The Morgan fingerprint density at radius 3 is 2.27 bits per heavy atom. The molecule has 0 aromatic carbocycles. The molecule has 0 bridgehead atoms. The maximum absolute atomic E-state index is 9.61. The smallest absolute Gasteiger partial charge is 0.0568 e. The van der Waals surface area contributed by atoms with Crippen LogP contribution in [-0.4, -0.2) is 11.2 Å². The zero-order chi connectivity index (χ0) is 8.22. The zero-order valence-corrected chi connectivity index (χ0v) is 7.67. The van der Waals surface area contributed by atoms with Crippen LogP contribution in [0.25, 0.3) is 0 Å². The van der Waals surface area contributed by atoms with Crippen LogP contribution < -0.4 is 0 Å². The van der Waals surface area contributed by atoms with Crippen molar-refractivity contribution in [3.05, 3.63) is 0 Å². The maximum atomic E-state index is 9.61. The van der Waals surface area contributed by atoms with Crippen molar-refractivity contribution in [2.24, 2.45) is 23.2 Å². The lowest BCUT2D eigenvalue weighted by molar-refractivity contribution is 0.0745. The van der Waals surface area contributed by atoms with Gasteiger partial charge in [-0.25, -0.2) is 0 Å². The maximum Gasteiger partial charge on any atom is 0.0568 e. The van der Waals surface area contributed by atoms with Crippen molar-refractivity contribution in [2.75, 3.05) is 0 Å². The van der Waals surface area contributed by atoms with Gasteiger partial charge in [0, 0.05) is 0 Å². The molecule has 2 aliphatic carbocycles. The standard InChI is InChI=1S/C10H18O/c1-6-4-7-8(5-9(6)11)10(7,2)3/h6-9,11H,4-5H2,1-3H3. The average Bonchev–Trinajstić information content (AvgIpc) is 2.39. The van der Waals surface area contributed by atoms with Gasteiger partial charge in [-0.15, -0.1) is 0 Å². The fourth-order valence-electron chi connectivity index (χ4n) is 2.84. The Morgan fingerprint density at radius 2 is 1.73 bits per heavy atom. The van der Waals surface area contributed by atoms with Gasteiger partial charge in [-0.05, 0) is 36.0 Å². The van der Waals surface area contributed by atoms with E-state index in [0.717, 1.165) is 18.3 Å². The van der Waals surface area contributed by atoms with Crippen LogP contribution in [0.3, 0.4) is 0 Å². The monoisotopic (exact) mass is 154 g/mol. The first-order valence-corrected chi connectivity index (χ1v) is 4.71. The Hall–Kier alpha value is -0.0400. The van der Waals surface area contributed by atoms with Crippen molar-refractivity contribution in [1.82, 2.24) is 0 Å². The van der Waals surface area contributed by atoms with Gasteiger partial charge in [0.15, 0.2) is 0 Å². The van der Waals surface area contributed by atoms with Gasteiger partial charge >= 0.3 is 0 Å². The van der Waals surface area contributed by atoms with E-state index in [1.807, 2.05) is 0 Å². The highest BCUT2D eigenvalue weighted by molar-refractivity contribution is 5.08. The summed E-state index contributed by atoms with van der Waals surface area (Å²) in [7, 11) is 0. The van der Waals surface area contributed by atoms with Crippen molar-refractivity contribution in [3.8, 4) is 0 Å². The molecule has 2 aliphatic rings. The fraction of sp³-hybridized carbons (Fsp3) is 1.00. The van der Waals surface area contributed by atoms with Crippen LogP contribution in [0.4, 0.5) is 0 Å². The summed E-state index contributed by atoms with van der Waals surface area (Å²) in [4.78, 5) is 0. The predicted molar refractivity (Wildman–Crippen MR) is 45.2 cm³/mol. The fourth-order valence-corrected chi connectivity index (χ4v) is 2.84. The van der Waals surface area contributed by atoms with Gasteiger partial charge in [-0.1, -0.05) is 20.8 Å². The van der Waals surface area contributed by atoms with Crippen LogP contribution in [0.2, 0.25) is 0 Å². The summed E-state index contributed by atoms with van der Waals surface area (Å²) in [5.41, 5.74) is 0.547. The lowest BCUT2D eigenvalue weighted by Crippen LogP contribution is -2.22. The highest BCUT2D eigenvalue weighted by Crippen LogP contribution is 2.65. The van der Waals surface area contributed by atoms with E-state index in [2.05, 4.69) is 20.8 Å². The Morgan fingerprint density at radius 1 is 1.18 bits per heavy atom. The Labute approximate surface area is 68.8 Å². The van der Waals surface area contributed by atoms with Crippen LogP contribution in [0.1, 0.15) is 33.6 Å². The third-order valence-corrected chi connectivity index (χ3v) is 4.07. The molecule has 64 valence electrons. The van der Waals surface area contributed by atoms with E-state index in [9.17, 15) is 5.11 Å². The van der Waals surface area contributed by atoms with Gasteiger partial charge in [0.25, 0.3) is 0 Å². The highest BCUT2D eigenvalue weighted by Gasteiger charge is 2.60. The number of aliphatic hydroxyl groups is 1. The molecule has 0 spiro atoms. The summed E-state index contributed by atoms with van der Waals surface area (Å²) in [6, 6.07) is 0. The average molecular weight is 154 g/mol. The first-order valence-electron chi connectivity index (χ1n) is 4.71. The minimum atomic E-state index is -0.0157. The summed E-state index contributed by atoms with van der Waals surface area (Å²) in [6.45, 7) is 6.86. The Bertz CT molecular complexity index is 156. The van der Waals surface area contributed by atoms with Crippen LogP contribution in [0, 0.1) is 23.2 Å². The summed E-state index contributed by atoms with van der Waals surface area (Å²) < 4.78 is 0. The summed E-state index contributed by atoms with van der Waals surface area (Å²) >= 11 is 0. The molecule has 2 rings (SSSR count). The molecule has 0 heterocycles. The van der Waals surface area contributed by atoms with Gasteiger partial charge in [-0.2, -0.15) is 0 Å². The van der Waals surface area contributed by atoms with Crippen molar-refractivity contribution >= 4 is 0 Å². The first-order chi connectivity index (χ1) is 5.03. The third kappa shape index (κ3) is 0.936. The minimum absolute atomic E-state index is 0.0157. The van der Waals surface area contributed by atoms with Gasteiger partial charge in [0.1, 0.15) is 0 Å². The number of aliphatic hydroxyl groups excluding tert-OH is 1. The summed E-state index contributed by atoms with van der Waals surface area (Å²) in [6.07, 6.45) is 2.29. The molecule has 1 N–H and O–H groups in total. The molecular formula is C10H18O. The van der Waals surface area contributed by atoms with Crippen molar-refractivity contribution < 1.29 is 5.11 Å². The molecule has 0 amide bonds. The van der Waals surface area contributed by atoms with Gasteiger partial charge in [0.05, 0.1) is 6.10 Å². The normalized spacial score (nSPS) is 53.5. The molecule has 11 heavy (non-hydrogen) atoms. The number of hydrogen-bond donors (Lipinski definition) is 1. The van der Waals surface area contributed by atoms with Crippen LogP contribution >= 0.6 is 0 Å². The molecule has 0 aromatic heterocycles. The van der Waals surface area contributed by atoms with Gasteiger partial charge in [-0.3, -0.25) is 0 Å². The summed E-state index contributed by atoms with van der Waals surface area (Å²) in [5, 5.41) is 9.61. The van der Waals surface area contributed by atoms with Crippen LogP contribution in [0.15, 0.2) is 0 Å².